The van der Waals surface area contributed by atoms with Crippen molar-refractivity contribution in [3.8, 4) is 0 Å². The number of nitrogens with two attached hydrogens (primary N) is 1. The summed E-state index contributed by atoms with van der Waals surface area (Å²) in [6.07, 6.45) is 0.812. The lowest BCUT2D eigenvalue weighted by Gasteiger charge is -2.02. The van der Waals surface area contributed by atoms with E-state index in [-0.39, 0.29) is 6.42 Å². The van der Waals surface area contributed by atoms with Crippen LogP contribution < -0.4 is 5.73 Å². The van der Waals surface area contributed by atoms with Gasteiger partial charge < -0.3 is 15.4 Å². The molecule has 2 atom stereocenters. The van der Waals surface area contributed by atoms with Crippen LogP contribution in [0.3, 0.4) is 0 Å². The number of hydrogen-bond acceptors (Lipinski definition) is 4. The number of hydrogen-bond donors (Lipinski definition) is 2. The lowest BCUT2D eigenvalue weighted by molar-refractivity contribution is -0.138. The Kier molecular flexibility index (Phi) is 2.32. The van der Waals surface area contributed by atoms with Crippen LogP contribution in [0.1, 0.15) is 6.42 Å². The lowest BCUT2D eigenvalue weighted by Crippen LogP contribution is -2.30. The monoisotopic (exact) mass is 179 g/mol. The number of carbonyl (C=O) groups is 1. The average Bonchev–Trinajstić information content (AvgIpc) is 2.64. The van der Waals surface area contributed by atoms with Crippen LogP contribution in [0.5, 0.6) is 0 Å². The Labute approximate surface area is 64.0 Å². The molecule has 6 heteroatoms. The Morgan fingerprint density at radius 1 is 1.82 bits per heavy atom. The van der Waals surface area contributed by atoms with Crippen molar-refractivity contribution >= 4 is 13.3 Å². The molecule has 0 spiro atoms. The van der Waals surface area contributed by atoms with Crippen molar-refractivity contribution in [1.82, 2.24) is 0 Å². The van der Waals surface area contributed by atoms with Crippen LogP contribution in [0.25, 0.3) is 0 Å². The van der Waals surface area contributed by atoms with E-state index in [0.717, 1.165) is 0 Å². The van der Waals surface area contributed by atoms with E-state index in [1.165, 1.54) is 0 Å². The van der Waals surface area contributed by atoms with Crippen molar-refractivity contribution in [1.29, 1.82) is 0 Å². The predicted molar refractivity (Wildman–Crippen MR) is 38.7 cm³/mol. The third-order valence-electron chi connectivity index (χ3n) is 1.52. The van der Waals surface area contributed by atoms with Gasteiger partial charge >= 0.3 is 5.97 Å². The molecule has 1 aliphatic rings. The fraction of sp³-hybridized carbons (Fsp3) is 0.800. The van der Waals surface area contributed by atoms with Gasteiger partial charge in [0, 0.05) is 6.16 Å². The highest BCUT2D eigenvalue weighted by molar-refractivity contribution is 7.64. The zero-order valence-electron chi connectivity index (χ0n) is 5.90. The molecule has 0 amide bonds. The summed E-state index contributed by atoms with van der Waals surface area (Å²) in [6, 6.07) is -0.912. The minimum Gasteiger partial charge on any atom is -0.480 e. The van der Waals surface area contributed by atoms with Gasteiger partial charge in [-0.05, 0) is 6.42 Å². The van der Waals surface area contributed by atoms with Gasteiger partial charge in [0.2, 0.25) is 7.37 Å². The van der Waals surface area contributed by atoms with Crippen LogP contribution in [-0.2, 0) is 13.9 Å². The summed E-state index contributed by atoms with van der Waals surface area (Å²) in [7, 11) is -2.35. The first-order valence-electron chi connectivity index (χ1n) is 3.24. The largest absolute Gasteiger partial charge is 0.480 e. The van der Waals surface area contributed by atoms with Crippen LogP contribution in [0, 0.1) is 0 Å². The van der Waals surface area contributed by atoms with Crippen molar-refractivity contribution < 1.29 is 19.0 Å². The summed E-state index contributed by atoms with van der Waals surface area (Å²) in [5, 5.41) is 8.34. The van der Waals surface area contributed by atoms with Gasteiger partial charge in [0.15, 0.2) is 0 Å². The second kappa shape index (κ2) is 2.93. The number of carboxylic acids is 1. The van der Waals surface area contributed by atoms with Gasteiger partial charge in [0.25, 0.3) is 0 Å². The zero-order chi connectivity index (χ0) is 8.48. The van der Waals surface area contributed by atoms with Crippen LogP contribution >= 0.6 is 7.37 Å². The first kappa shape index (κ1) is 8.71. The summed E-state index contributed by atoms with van der Waals surface area (Å²) in [4.78, 5) is 10.2. The molecule has 1 saturated heterocycles. The maximum atomic E-state index is 11.0. The quantitative estimate of drug-likeness (QED) is 0.470. The lowest BCUT2D eigenvalue weighted by atomic mass is 10.2. The third-order valence-corrected chi connectivity index (χ3v) is 3.29. The number of aliphatic carboxylic acids is 1. The number of carboxylic acid groups (broad SMARTS) is 1. The molecule has 1 heterocycles. The van der Waals surface area contributed by atoms with Gasteiger partial charge in [-0.25, -0.2) is 0 Å². The maximum Gasteiger partial charge on any atom is 0.320 e. The van der Waals surface area contributed by atoms with Crippen LogP contribution in [0.4, 0.5) is 0 Å². The van der Waals surface area contributed by atoms with Crippen molar-refractivity contribution in [2.24, 2.45) is 5.73 Å². The van der Waals surface area contributed by atoms with Gasteiger partial charge in [-0.1, -0.05) is 0 Å². The second-order valence-electron chi connectivity index (χ2n) is 2.53. The molecule has 0 radical (unpaired) electrons. The molecule has 0 aromatic carbocycles. The minimum absolute atomic E-state index is 0.229. The molecule has 0 aliphatic carbocycles. The summed E-state index contributed by atoms with van der Waals surface area (Å²) >= 11 is 0. The highest BCUT2D eigenvalue weighted by Crippen LogP contribution is 2.62. The Morgan fingerprint density at radius 3 is 2.73 bits per heavy atom. The molecule has 3 N–H and O–H groups in total. The number of rotatable bonds is 4. The Balaban J connectivity index is 2.21. The van der Waals surface area contributed by atoms with Gasteiger partial charge in [-0.3, -0.25) is 9.36 Å². The Bertz CT molecular complexity index is 209. The smallest absolute Gasteiger partial charge is 0.320 e. The standard InChI is InChI=1S/C5H10NO4P/c6-4(5(7)8)1-2-11(9)3-10-11/h4H,1-3,6H2,(H,7,8). The topological polar surface area (TPSA) is 92.9 Å². The molecule has 0 aromatic heterocycles. The molecule has 5 nitrogen and oxygen atoms in total. The molecule has 0 aromatic rings. The van der Waals surface area contributed by atoms with Crippen molar-refractivity contribution in [2.45, 2.75) is 12.5 Å². The first-order chi connectivity index (χ1) is 5.03. The minimum atomic E-state index is -2.35. The van der Waals surface area contributed by atoms with Crippen molar-refractivity contribution in [3.05, 3.63) is 0 Å². The second-order valence-corrected chi connectivity index (χ2v) is 5.12. The molecule has 64 valence electrons. The molecular formula is C5H10NO4P. The van der Waals surface area contributed by atoms with E-state index in [0.29, 0.717) is 12.5 Å². The molecule has 1 rings (SSSR count). The highest BCUT2D eigenvalue weighted by Gasteiger charge is 2.38. The van der Waals surface area contributed by atoms with E-state index in [4.69, 9.17) is 10.8 Å². The SMILES string of the molecule is NC(CCP1(=O)CO1)C(=O)O. The molecule has 2 unspecified atom stereocenters. The fourth-order valence-electron chi connectivity index (χ4n) is 0.653. The van der Waals surface area contributed by atoms with E-state index >= 15 is 0 Å². The highest BCUT2D eigenvalue weighted by atomic mass is 31.2. The Hall–Kier alpha value is -0.380. The Morgan fingerprint density at radius 2 is 2.36 bits per heavy atom. The van der Waals surface area contributed by atoms with Gasteiger partial charge in [-0.15, -0.1) is 0 Å². The first-order valence-corrected chi connectivity index (χ1v) is 5.24. The normalized spacial score (nSPS) is 31.4. The summed E-state index contributed by atoms with van der Waals surface area (Å²) < 4.78 is 15.6. The fourth-order valence-corrected chi connectivity index (χ4v) is 2.10. The molecule has 1 aliphatic heterocycles. The predicted octanol–water partition coefficient (Wildman–Crippen LogP) is 0.0542. The molecular weight excluding hydrogens is 169 g/mol. The zero-order valence-corrected chi connectivity index (χ0v) is 6.79. The van der Waals surface area contributed by atoms with Crippen LogP contribution in [-0.4, -0.2) is 29.6 Å². The van der Waals surface area contributed by atoms with Gasteiger partial charge in [0.1, 0.15) is 12.4 Å². The summed E-state index contributed by atoms with van der Waals surface area (Å²) in [5.74, 6) is -1.06. The van der Waals surface area contributed by atoms with Crippen molar-refractivity contribution in [2.75, 3.05) is 12.5 Å². The van der Waals surface area contributed by atoms with Crippen LogP contribution in [0.15, 0.2) is 0 Å². The molecule has 0 bridgehead atoms. The van der Waals surface area contributed by atoms with E-state index in [2.05, 4.69) is 4.52 Å². The van der Waals surface area contributed by atoms with E-state index in [1.807, 2.05) is 0 Å². The maximum absolute atomic E-state index is 11.0. The van der Waals surface area contributed by atoms with E-state index in [9.17, 15) is 9.36 Å². The van der Waals surface area contributed by atoms with Crippen LogP contribution in [0.2, 0.25) is 0 Å². The summed E-state index contributed by atoms with van der Waals surface area (Å²) in [6.45, 7) is 0. The van der Waals surface area contributed by atoms with E-state index < -0.39 is 19.4 Å². The molecule has 1 fully saturated rings. The van der Waals surface area contributed by atoms with E-state index in [1.54, 1.807) is 0 Å². The molecule has 0 saturated carbocycles. The van der Waals surface area contributed by atoms with Gasteiger partial charge in [-0.2, -0.15) is 0 Å². The molecule has 11 heavy (non-hydrogen) atoms. The summed E-state index contributed by atoms with van der Waals surface area (Å²) in [5.41, 5.74) is 5.18. The van der Waals surface area contributed by atoms with Crippen molar-refractivity contribution in [3.63, 3.8) is 0 Å². The average molecular weight is 179 g/mol. The van der Waals surface area contributed by atoms with Gasteiger partial charge in [0.05, 0.1) is 0 Å². The third kappa shape index (κ3) is 2.61.